The summed E-state index contributed by atoms with van der Waals surface area (Å²) >= 11 is 0. The molecule has 114 valence electrons. The van der Waals surface area contributed by atoms with Gasteiger partial charge in [-0.15, -0.1) is 0 Å². The summed E-state index contributed by atoms with van der Waals surface area (Å²) in [6.45, 7) is 4.26. The molecule has 0 fully saturated rings. The van der Waals surface area contributed by atoms with E-state index in [0.29, 0.717) is 0 Å². The largest absolute Gasteiger partial charge is 0.192 e. The number of benzene rings is 4. The summed E-state index contributed by atoms with van der Waals surface area (Å²) in [5, 5.41) is 14.0. The SMILES string of the molecule is Cc1cc(C)cc(-c2c3ccccc3c(C#N)c3ccccc23)c1. The van der Waals surface area contributed by atoms with Gasteiger partial charge in [0.15, 0.2) is 0 Å². The van der Waals surface area contributed by atoms with Gasteiger partial charge in [0.2, 0.25) is 0 Å². The van der Waals surface area contributed by atoms with Crippen molar-refractivity contribution in [2.45, 2.75) is 13.8 Å². The highest BCUT2D eigenvalue weighted by Crippen LogP contribution is 2.39. The molecule has 0 saturated heterocycles. The van der Waals surface area contributed by atoms with Gasteiger partial charge in [0, 0.05) is 10.8 Å². The van der Waals surface area contributed by atoms with Gasteiger partial charge in [-0.05, 0) is 35.7 Å². The number of hydrogen-bond acceptors (Lipinski definition) is 1. The molecule has 1 nitrogen and oxygen atoms in total. The molecule has 0 atom stereocenters. The van der Waals surface area contributed by atoms with Crippen LogP contribution in [0.4, 0.5) is 0 Å². The van der Waals surface area contributed by atoms with E-state index in [0.717, 1.165) is 27.1 Å². The van der Waals surface area contributed by atoms with Gasteiger partial charge in [0.25, 0.3) is 0 Å². The fourth-order valence-corrected chi connectivity index (χ4v) is 3.68. The Morgan fingerprint density at radius 2 is 1.12 bits per heavy atom. The molecule has 0 aliphatic heterocycles. The first-order chi connectivity index (χ1) is 11.7. The molecule has 0 spiro atoms. The van der Waals surface area contributed by atoms with Crippen LogP contribution in [-0.2, 0) is 0 Å². The van der Waals surface area contributed by atoms with Crippen LogP contribution in [0.3, 0.4) is 0 Å². The maximum atomic E-state index is 9.73. The number of rotatable bonds is 1. The van der Waals surface area contributed by atoms with Gasteiger partial charge in [-0.3, -0.25) is 0 Å². The number of nitriles is 1. The first-order valence-electron chi connectivity index (χ1n) is 8.11. The molecule has 0 aliphatic rings. The summed E-state index contributed by atoms with van der Waals surface area (Å²) in [6, 6.07) is 25.5. The second-order valence-electron chi connectivity index (χ2n) is 6.33. The summed E-state index contributed by atoms with van der Waals surface area (Å²) < 4.78 is 0. The van der Waals surface area contributed by atoms with Crippen LogP contribution in [0.1, 0.15) is 16.7 Å². The van der Waals surface area contributed by atoms with Crippen LogP contribution < -0.4 is 0 Å². The van der Waals surface area contributed by atoms with Crippen LogP contribution in [-0.4, -0.2) is 0 Å². The minimum atomic E-state index is 0.759. The Hall–Kier alpha value is -3.11. The minimum Gasteiger partial charge on any atom is -0.192 e. The van der Waals surface area contributed by atoms with E-state index in [1.165, 1.54) is 22.3 Å². The first kappa shape index (κ1) is 14.5. The molecule has 1 heteroatoms. The maximum Gasteiger partial charge on any atom is 0.100 e. The Labute approximate surface area is 141 Å². The van der Waals surface area contributed by atoms with E-state index in [1.807, 2.05) is 36.4 Å². The van der Waals surface area contributed by atoms with E-state index in [2.05, 4.69) is 50.2 Å². The number of aryl methyl sites for hydroxylation is 2. The van der Waals surface area contributed by atoms with Crippen molar-refractivity contribution in [3.8, 4) is 17.2 Å². The third kappa shape index (κ3) is 2.16. The first-order valence-corrected chi connectivity index (χ1v) is 8.11. The van der Waals surface area contributed by atoms with Crippen LogP contribution in [0.2, 0.25) is 0 Å². The highest BCUT2D eigenvalue weighted by molar-refractivity contribution is 6.16. The highest BCUT2D eigenvalue weighted by atomic mass is 14.3. The van der Waals surface area contributed by atoms with Crippen molar-refractivity contribution >= 4 is 21.5 Å². The minimum absolute atomic E-state index is 0.759. The summed E-state index contributed by atoms with van der Waals surface area (Å²) in [5.74, 6) is 0. The number of fused-ring (bicyclic) bond motifs is 2. The smallest absolute Gasteiger partial charge is 0.100 e. The lowest BCUT2D eigenvalue weighted by Gasteiger charge is -2.15. The molecule has 0 radical (unpaired) electrons. The molecule has 24 heavy (non-hydrogen) atoms. The van der Waals surface area contributed by atoms with E-state index < -0.39 is 0 Å². The third-order valence-electron chi connectivity index (χ3n) is 4.55. The molecule has 0 heterocycles. The van der Waals surface area contributed by atoms with Crippen molar-refractivity contribution in [1.82, 2.24) is 0 Å². The Morgan fingerprint density at radius 3 is 1.58 bits per heavy atom. The normalized spacial score (nSPS) is 10.9. The fourth-order valence-electron chi connectivity index (χ4n) is 3.68. The second kappa shape index (κ2) is 5.51. The van der Waals surface area contributed by atoms with Gasteiger partial charge in [-0.1, -0.05) is 77.9 Å². The predicted molar refractivity (Wildman–Crippen MR) is 101 cm³/mol. The zero-order valence-electron chi connectivity index (χ0n) is 13.8. The van der Waals surface area contributed by atoms with Gasteiger partial charge >= 0.3 is 0 Å². The van der Waals surface area contributed by atoms with E-state index >= 15 is 0 Å². The quantitative estimate of drug-likeness (QED) is 0.387. The molecule has 0 aromatic heterocycles. The second-order valence-corrected chi connectivity index (χ2v) is 6.33. The van der Waals surface area contributed by atoms with Crippen LogP contribution in [0.5, 0.6) is 0 Å². The molecule has 0 aliphatic carbocycles. The maximum absolute atomic E-state index is 9.73. The van der Waals surface area contributed by atoms with E-state index in [-0.39, 0.29) is 0 Å². The summed E-state index contributed by atoms with van der Waals surface area (Å²) in [4.78, 5) is 0. The van der Waals surface area contributed by atoms with E-state index in [1.54, 1.807) is 0 Å². The zero-order valence-corrected chi connectivity index (χ0v) is 13.8. The number of nitrogens with zero attached hydrogens (tertiary/aromatic N) is 1. The van der Waals surface area contributed by atoms with E-state index in [9.17, 15) is 5.26 Å². The molecule has 0 N–H and O–H groups in total. The molecule has 0 bridgehead atoms. The average Bonchev–Trinajstić information content (AvgIpc) is 2.58. The monoisotopic (exact) mass is 307 g/mol. The van der Waals surface area contributed by atoms with Crippen LogP contribution >= 0.6 is 0 Å². The highest BCUT2D eigenvalue weighted by Gasteiger charge is 2.14. The molecule has 4 aromatic rings. The predicted octanol–water partition coefficient (Wildman–Crippen LogP) is 6.15. The van der Waals surface area contributed by atoms with Gasteiger partial charge in [0.05, 0.1) is 5.56 Å². The van der Waals surface area contributed by atoms with Gasteiger partial charge < -0.3 is 0 Å². The topological polar surface area (TPSA) is 23.8 Å². The van der Waals surface area contributed by atoms with Crippen molar-refractivity contribution in [3.63, 3.8) is 0 Å². The molecular formula is C23H17N. The summed E-state index contributed by atoms with van der Waals surface area (Å²) in [5.41, 5.74) is 5.69. The lowest BCUT2D eigenvalue weighted by Crippen LogP contribution is -1.91. The van der Waals surface area contributed by atoms with Crippen molar-refractivity contribution in [3.05, 3.63) is 83.4 Å². The molecule has 4 aromatic carbocycles. The average molecular weight is 307 g/mol. The van der Waals surface area contributed by atoms with Crippen molar-refractivity contribution in [1.29, 1.82) is 5.26 Å². The molecule has 0 saturated carbocycles. The van der Waals surface area contributed by atoms with Crippen LogP contribution in [0, 0.1) is 25.2 Å². The lowest BCUT2D eigenvalue weighted by molar-refractivity contribution is 1.39. The van der Waals surface area contributed by atoms with Gasteiger partial charge in [-0.25, -0.2) is 0 Å². The molecule has 0 unspecified atom stereocenters. The van der Waals surface area contributed by atoms with E-state index in [4.69, 9.17) is 0 Å². The summed E-state index contributed by atoms with van der Waals surface area (Å²) in [7, 11) is 0. The summed E-state index contributed by atoms with van der Waals surface area (Å²) in [6.07, 6.45) is 0. The van der Waals surface area contributed by atoms with Gasteiger partial charge in [0.1, 0.15) is 6.07 Å². The Balaban J connectivity index is 2.27. The number of hydrogen-bond donors (Lipinski definition) is 0. The van der Waals surface area contributed by atoms with Crippen LogP contribution in [0.15, 0.2) is 66.7 Å². The van der Waals surface area contributed by atoms with Crippen molar-refractivity contribution in [2.24, 2.45) is 0 Å². The lowest BCUT2D eigenvalue weighted by atomic mass is 9.88. The Morgan fingerprint density at radius 1 is 0.667 bits per heavy atom. The molecule has 0 amide bonds. The molecule has 4 rings (SSSR count). The zero-order chi connectivity index (χ0) is 16.7. The Bertz CT molecular complexity index is 1050. The Kier molecular flexibility index (Phi) is 3.32. The third-order valence-corrected chi connectivity index (χ3v) is 4.55. The van der Waals surface area contributed by atoms with Crippen molar-refractivity contribution < 1.29 is 0 Å². The van der Waals surface area contributed by atoms with Gasteiger partial charge in [-0.2, -0.15) is 5.26 Å². The fraction of sp³-hybridized carbons (Fsp3) is 0.0870. The standard InChI is InChI=1S/C23H17N/c1-15-11-16(2)13-17(12-15)23-20-9-5-3-7-18(20)22(14-24)19-8-4-6-10-21(19)23/h3-13H,1-2H3. The van der Waals surface area contributed by atoms with Crippen LogP contribution in [0.25, 0.3) is 32.7 Å². The van der Waals surface area contributed by atoms with Crippen molar-refractivity contribution in [2.75, 3.05) is 0 Å². The molecular weight excluding hydrogens is 290 g/mol.